The van der Waals surface area contributed by atoms with Crippen molar-refractivity contribution in [2.45, 2.75) is 11.3 Å². The number of aromatic nitrogens is 2. The van der Waals surface area contributed by atoms with Gasteiger partial charge in [-0.25, -0.2) is 8.42 Å². The molecule has 0 radical (unpaired) electrons. The van der Waals surface area contributed by atoms with Crippen LogP contribution < -0.4 is 9.46 Å². The molecule has 9 nitrogen and oxygen atoms in total. The molecule has 1 aromatic heterocycles. The number of sulfonamides is 1. The summed E-state index contributed by atoms with van der Waals surface area (Å²) in [6.45, 7) is 1.64. The van der Waals surface area contributed by atoms with E-state index in [1.165, 1.54) is 12.1 Å². The predicted molar refractivity (Wildman–Crippen MR) is 115 cm³/mol. The molecule has 4 rings (SSSR count). The molecule has 0 bridgehead atoms. The van der Waals surface area contributed by atoms with Crippen LogP contribution in [0.5, 0.6) is 11.5 Å². The molecule has 0 saturated carbocycles. The summed E-state index contributed by atoms with van der Waals surface area (Å²) in [6.07, 6.45) is 0.497. The van der Waals surface area contributed by atoms with Gasteiger partial charge in [0.25, 0.3) is 10.0 Å². The third-order valence-corrected chi connectivity index (χ3v) is 6.86. The number of hydrogen-bond donors (Lipinski definition) is 1. The van der Waals surface area contributed by atoms with E-state index >= 15 is 0 Å². The first-order chi connectivity index (χ1) is 15.0. The van der Waals surface area contributed by atoms with Crippen molar-refractivity contribution in [3.05, 3.63) is 59.6 Å². The second-order valence-corrected chi connectivity index (χ2v) is 9.42. The first-order valence-corrected chi connectivity index (χ1v) is 11.8. The van der Waals surface area contributed by atoms with Crippen LogP contribution in [0.15, 0.2) is 59.5 Å². The SMILES string of the molecule is O=C1COCCN1CCc1nnc(NS(=O)(=O)c2ccc(Oc3ccccc3)cc2)s1. The zero-order chi connectivity index (χ0) is 21.7. The van der Waals surface area contributed by atoms with E-state index in [0.29, 0.717) is 42.6 Å². The Bertz CT molecular complexity index is 1130. The van der Waals surface area contributed by atoms with Gasteiger partial charge in [-0.05, 0) is 36.4 Å². The lowest BCUT2D eigenvalue weighted by molar-refractivity contribution is -0.142. The Balaban J connectivity index is 1.35. The highest BCUT2D eigenvalue weighted by Crippen LogP contribution is 2.25. The van der Waals surface area contributed by atoms with E-state index in [4.69, 9.17) is 9.47 Å². The van der Waals surface area contributed by atoms with Crippen molar-refractivity contribution in [1.82, 2.24) is 15.1 Å². The van der Waals surface area contributed by atoms with Crippen LogP contribution in [0.4, 0.5) is 5.13 Å². The molecule has 31 heavy (non-hydrogen) atoms. The maximum absolute atomic E-state index is 12.6. The summed E-state index contributed by atoms with van der Waals surface area (Å²) < 4.78 is 38.5. The number of benzene rings is 2. The van der Waals surface area contributed by atoms with Gasteiger partial charge >= 0.3 is 0 Å². The Morgan fingerprint density at radius 2 is 1.81 bits per heavy atom. The first kappa shape index (κ1) is 21.2. The number of rotatable bonds is 8. The second-order valence-electron chi connectivity index (χ2n) is 6.68. The molecule has 0 atom stereocenters. The van der Waals surface area contributed by atoms with Crippen LogP contribution in [-0.2, 0) is 26.0 Å². The largest absolute Gasteiger partial charge is 0.457 e. The summed E-state index contributed by atoms with van der Waals surface area (Å²) in [5.41, 5.74) is 0. The minimum Gasteiger partial charge on any atom is -0.457 e. The van der Waals surface area contributed by atoms with Crippen LogP contribution in [0, 0.1) is 0 Å². The fourth-order valence-corrected chi connectivity index (χ4v) is 4.86. The normalized spacial score (nSPS) is 14.5. The first-order valence-electron chi connectivity index (χ1n) is 9.53. The Kier molecular flexibility index (Phi) is 6.44. The molecule has 1 fully saturated rings. The number of nitrogens with zero attached hydrogens (tertiary/aromatic N) is 3. The van der Waals surface area contributed by atoms with Gasteiger partial charge in [-0.3, -0.25) is 9.52 Å². The molecule has 2 aromatic carbocycles. The van der Waals surface area contributed by atoms with Crippen molar-refractivity contribution in [2.75, 3.05) is 31.0 Å². The lowest BCUT2D eigenvalue weighted by atomic mass is 10.3. The molecule has 1 N–H and O–H groups in total. The molecule has 1 saturated heterocycles. The van der Waals surface area contributed by atoms with Crippen molar-refractivity contribution in [3.63, 3.8) is 0 Å². The molecular weight excluding hydrogens is 440 g/mol. The standard InChI is InChI=1S/C20H20N4O5S2/c25-19-14-28-13-12-24(19)11-10-18-21-22-20(30-18)23-31(26,27)17-8-6-16(7-9-17)29-15-4-2-1-3-5-15/h1-9H,10-14H2,(H,22,23). The minimum atomic E-state index is -3.81. The summed E-state index contributed by atoms with van der Waals surface area (Å²) in [7, 11) is -3.81. The third kappa shape index (κ3) is 5.57. The maximum atomic E-state index is 12.6. The highest BCUT2D eigenvalue weighted by Gasteiger charge is 2.20. The zero-order valence-corrected chi connectivity index (χ0v) is 18.1. The van der Waals surface area contributed by atoms with Crippen LogP contribution in [0.1, 0.15) is 5.01 Å². The number of hydrogen-bond acceptors (Lipinski definition) is 8. The van der Waals surface area contributed by atoms with E-state index in [1.54, 1.807) is 17.0 Å². The molecule has 2 heterocycles. The predicted octanol–water partition coefficient (Wildman–Crippen LogP) is 2.53. The zero-order valence-electron chi connectivity index (χ0n) is 16.4. The number of carbonyl (C=O) groups is 1. The molecule has 0 spiro atoms. The van der Waals surface area contributed by atoms with Gasteiger partial charge in [0.2, 0.25) is 11.0 Å². The van der Waals surface area contributed by atoms with Gasteiger partial charge in [0.15, 0.2) is 0 Å². The average Bonchev–Trinajstić information content (AvgIpc) is 3.21. The van der Waals surface area contributed by atoms with Crippen LogP contribution in [0.3, 0.4) is 0 Å². The van der Waals surface area contributed by atoms with E-state index in [-0.39, 0.29) is 22.5 Å². The van der Waals surface area contributed by atoms with E-state index in [0.717, 1.165) is 11.3 Å². The van der Waals surface area contributed by atoms with Gasteiger partial charge in [-0.1, -0.05) is 29.5 Å². The quantitative estimate of drug-likeness (QED) is 0.550. The summed E-state index contributed by atoms with van der Waals surface area (Å²) in [5, 5.41) is 8.74. The van der Waals surface area contributed by atoms with E-state index < -0.39 is 10.0 Å². The van der Waals surface area contributed by atoms with Gasteiger partial charge in [0, 0.05) is 19.5 Å². The Labute approximate surface area is 183 Å². The fraction of sp³-hybridized carbons (Fsp3) is 0.250. The molecule has 0 aliphatic carbocycles. The number of morpholine rings is 1. The van der Waals surface area contributed by atoms with Crippen molar-refractivity contribution < 1.29 is 22.7 Å². The van der Waals surface area contributed by atoms with E-state index in [2.05, 4.69) is 14.9 Å². The molecule has 3 aromatic rings. The number of carbonyl (C=O) groups excluding carboxylic acids is 1. The second kappa shape index (κ2) is 9.41. The van der Waals surface area contributed by atoms with Crippen molar-refractivity contribution in [1.29, 1.82) is 0 Å². The number of ether oxygens (including phenoxy) is 2. The number of anilines is 1. The maximum Gasteiger partial charge on any atom is 0.263 e. The summed E-state index contributed by atoms with van der Waals surface area (Å²) >= 11 is 1.14. The van der Waals surface area contributed by atoms with Gasteiger partial charge in [-0.2, -0.15) is 0 Å². The molecular formula is C20H20N4O5S2. The molecule has 162 valence electrons. The van der Waals surface area contributed by atoms with Gasteiger partial charge in [0.05, 0.1) is 11.5 Å². The highest BCUT2D eigenvalue weighted by molar-refractivity contribution is 7.93. The average molecular weight is 461 g/mol. The highest BCUT2D eigenvalue weighted by atomic mass is 32.2. The third-order valence-electron chi connectivity index (χ3n) is 4.48. The Morgan fingerprint density at radius 1 is 1.06 bits per heavy atom. The van der Waals surface area contributed by atoms with Gasteiger partial charge in [0.1, 0.15) is 23.1 Å². The number of amides is 1. The minimum absolute atomic E-state index is 0.0589. The van der Waals surface area contributed by atoms with Crippen LogP contribution in [0.25, 0.3) is 0 Å². The topological polar surface area (TPSA) is 111 Å². The molecule has 0 unspecified atom stereocenters. The van der Waals surface area contributed by atoms with Crippen LogP contribution >= 0.6 is 11.3 Å². The summed E-state index contributed by atoms with van der Waals surface area (Å²) in [4.78, 5) is 13.5. The van der Waals surface area contributed by atoms with Gasteiger partial charge < -0.3 is 14.4 Å². The van der Waals surface area contributed by atoms with E-state index in [1.807, 2.05) is 30.3 Å². The summed E-state index contributed by atoms with van der Waals surface area (Å²) in [5.74, 6) is 1.13. The molecule has 11 heteroatoms. The molecule has 1 aliphatic heterocycles. The molecule has 1 aliphatic rings. The number of para-hydroxylation sites is 1. The van der Waals surface area contributed by atoms with Crippen molar-refractivity contribution >= 4 is 32.4 Å². The van der Waals surface area contributed by atoms with Crippen LogP contribution in [-0.4, -0.2) is 55.7 Å². The van der Waals surface area contributed by atoms with Gasteiger partial charge in [-0.15, -0.1) is 10.2 Å². The van der Waals surface area contributed by atoms with E-state index in [9.17, 15) is 13.2 Å². The fourth-order valence-electron chi connectivity index (χ4n) is 2.90. The monoisotopic (exact) mass is 460 g/mol. The van der Waals surface area contributed by atoms with Crippen molar-refractivity contribution in [3.8, 4) is 11.5 Å². The van der Waals surface area contributed by atoms with Crippen molar-refractivity contribution in [2.24, 2.45) is 0 Å². The Morgan fingerprint density at radius 3 is 2.55 bits per heavy atom. The molecule has 1 amide bonds. The van der Waals surface area contributed by atoms with Crippen LogP contribution in [0.2, 0.25) is 0 Å². The smallest absolute Gasteiger partial charge is 0.263 e. The Hall–Kier alpha value is -3.02. The lowest BCUT2D eigenvalue weighted by Crippen LogP contribution is -2.42. The number of nitrogens with one attached hydrogen (secondary N) is 1. The summed E-state index contributed by atoms with van der Waals surface area (Å²) in [6, 6.07) is 15.3. The lowest BCUT2D eigenvalue weighted by Gasteiger charge is -2.26.